The van der Waals surface area contributed by atoms with Gasteiger partial charge in [-0.05, 0) is 45.0 Å². The highest BCUT2D eigenvalue weighted by Gasteiger charge is 2.25. The van der Waals surface area contributed by atoms with E-state index in [0.717, 1.165) is 43.7 Å². The summed E-state index contributed by atoms with van der Waals surface area (Å²) in [6.07, 6.45) is 5.78. The van der Waals surface area contributed by atoms with Gasteiger partial charge in [0.25, 0.3) is 0 Å². The molecule has 8 nitrogen and oxygen atoms in total. The van der Waals surface area contributed by atoms with Crippen molar-refractivity contribution < 1.29 is 4.42 Å². The Morgan fingerprint density at radius 3 is 2.77 bits per heavy atom. The van der Waals surface area contributed by atoms with Crippen LogP contribution in [-0.4, -0.2) is 51.8 Å². The lowest BCUT2D eigenvalue weighted by molar-refractivity contribution is 0.215. The molecule has 2 aromatic rings. The summed E-state index contributed by atoms with van der Waals surface area (Å²) in [6, 6.07) is 4.22. The minimum Gasteiger partial charge on any atom is -0.468 e. The van der Waals surface area contributed by atoms with Gasteiger partial charge in [-0.25, -0.2) is 9.98 Å². The second-order valence-electron chi connectivity index (χ2n) is 6.15. The molecule has 1 saturated heterocycles. The maximum absolute atomic E-state index is 5.67. The lowest BCUT2D eigenvalue weighted by atomic mass is 10.2. The zero-order valence-corrected chi connectivity index (χ0v) is 17.7. The van der Waals surface area contributed by atoms with Crippen LogP contribution in [0, 0.1) is 0 Å². The number of nitrogens with zero attached hydrogens (tertiary/aromatic N) is 5. The number of nitrogens with one attached hydrogen (secondary N) is 2. The number of furan rings is 1. The highest BCUT2D eigenvalue weighted by atomic mass is 127. The van der Waals surface area contributed by atoms with E-state index in [-0.39, 0.29) is 30.0 Å². The predicted octanol–water partition coefficient (Wildman–Crippen LogP) is 1.92. The van der Waals surface area contributed by atoms with E-state index >= 15 is 0 Å². The van der Waals surface area contributed by atoms with E-state index in [4.69, 9.17) is 4.42 Å². The molecule has 0 amide bonds. The van der Waals surface area contributed by atoms with Crippen molar-refractivity contribution in [1.29, 1.82) is 0 Å². The molecule has 26 heavy (non-hydrogen) atoms. The van der Waals surface area contributed by atoms with Gasteiger partial charge in [-0.15, -0.1) is 24.0 Å². The molecule has 144 valence electrons. The van der Waals surface area contributed by atoms with Gasteiger partial charge in [0.2, 0.25) is 0 Å². The van der Waals surface area contributed by atoms with E-state index in [1.807, 2.05) is 19.2 Å². The second kappa shape index (κ2) is 10.5. The molecule has 1 atom stereocenters. The summed E-state index contributed by atoms with van der Waals surface area (Å²) < 4.78 is 7.41. The molecule has 0 spiro atoms. The van der Waals surface area contributed by atoms with Crippen LogP contribution in [0.15, 0.2) is 34.1 Å². The van der Waals surface area contributed by atoms with Crippen LogP contribution in [-0.2, 0) is 13.6 Å². The molecular formula is C17H28IN7O. The maximum atomic E-state index is 5.67. The van der Waals surface area contributed by atoms with Crippen molar-refractivity contribution >= 4 is 29.9 Å². The summed E-state index contributed by atoms with van der Waals surface area (Å²) >= 11 is 0. The van der Waals surface area contributed by atoms with E-state index in [9.17, 15) is 0 Å². The smallest absolute Gasteiger partial charge is 0.191 e. The molecule has 1 fully saturated rings. The minimum atomic E-state index is 0. The number of aryl methyl sites for hydroxylation is 1. The van der Waals surface area contributed by atoms with Gasteiger partial charge in [0, 0.05) is 20.1 Å². The van der Waals surface area contributed by atoms with Gasteiger partial charge in [-0.1, -0.05) is 0 Å². The van der Waals surface area contributed by atoms with Crippen LogP contribution >= 0.6 is 24.0 Å². The Hall–Kier alpha value is -1.62. The van der Waals surface area contributed by atoms with E-state index in [0.29, 0.717) is 6.54 Å². The third kappa shape index (κ3) is 5.44. The Kier molecular flexibility index (Phi) is 8.36. The summed E-state index contributed by atoms with van der Waals surface area (Å²) in [4.78, 5) is 11.3. The first-order valence-electron chi connectivity index (χ1n) is 8.90. The average molecular weight is 473 g/mol. The van der Waals surface area contributed by atoms with Crippen LogP contribution in [0.5, 0.6) is 0 Å². The van der Waals surface area contributed by atoms with E-state index < -0.39 is 0 Å². The highest BCUT2D eigenvalue weighted by Crippen LogP contribution is 2.24. The van der Waals surface area contributed by atoms with Gasteiger partial charge < -0.3 is 15.1 Å². The van der Waals surface area contributed by atoms with Crippen LogP contribution in [0.4, 0.5) is 0 Å². The summed E-state index contributed by atoms with van der Waals surface area (Å²) in [5, 5.41) is 10.8. The Bertz CT molecular complexity index is 664. The molecule has 2 N–H and O–H groups in total. The van der Waals surface area contributed by atoms with Crippen molar-refractivity contribution in [3.8, 4) is 0 Å². The summed E-state index contributed by atoms with van der Waals surface area (Å²) in [5.41, 5.74) is 0. The molecule has 1 aliphatic rings. The lowest BCUT2D eigenvalue weighted by Crippen LogP contribution is -2.42. The number of rotatable bonds is 7. The number of aromatic nitrogens is 3. The fourth-order valence-corrected chi connectivity index (χ4v) is 3.09. The zero-order valence-electron chi connectivity index (χ0n) is 15.4. The fourth-order valence-electron chi connectivity index (χ4n) is 3.09. The van der Waals surface area contributed by atoms with E-state index in [2.05, 4.69) is 37.5 Å². The van der Waals surface area contributed by atoms with Crippen molar-refractivity contribution in [1.82, 2.24) is 30.3 Å². The standard InChI is InChI=1S/C17H27N7O.HI/c1-3-18-17(20-12-16-21-13-22-23(16)2)19-11-14(15-7-6-10-25-15)24-8-4-5-9-24;/h6-7,10,13-14H,3-5,8-9,11-12H2,1-2H3,(H2,18,19,20);1H. The maximum Gasteiger partial charge on any atom is 0.191 e. The van der Waals surface area contributed by atoms with Gasteiger partial charge in [-0.2, -0.15) is 5.10 Å². The van der Waals surface area contributed by atoms with Crippen molar-refractivity contribution in [2.45, 2.75) is 32.4 Å². The third-order valence-corrected chi connectivity index (χ3v) is 4.44. The molecule has 1 aliphatic heterocycles. The monoisotopic (exact) mass is 473 g/mol. The third-order valence-electron chi connectivity index (χ3n) is 4.44. The lowest BCUT2D eigenvalue weighted by Gasteiger charge is -2.26. The highest BCUT2D eigenvalue weighted by molar-refractivity contribution is 14.0. The topological polar surface area (TPSA) is 83.5 Å². The molecular weight excluding hydrogens is 445 g/mol. The fraction of sp³-hybridized carbons (Fsp3) is 0.588. The molecule has 0 bridgehead atoms. The van der Waals surface area contributed by atoms with Crippen LogP contribution in [0.3, 0.4) is 0 Å². The first kappa shape index (κ1) is 20.7. The molecule has 2 aromatic heterocycles. The Balaban J connectivity index is 0.00000243. The Labute approximate surface area is 171 Å². The van der Waals surface area contributed by atoms with E-state index in [1.54, 1.807) is 17.3 Å². The molecule has 0 aliphatic carbocycles. The van der Waals surface area contributed by atoms with Crippen LogP contribution < -0.4 is 10.6 Å². The summed E-state index contributed by atoms with van der Waals surface area (Å²) in [7, 11) is 1.87. The van der Waals surface area contributed by atoms with Crippen molar-refractivity contribution in [2.75, 3.05) is 26.2 Å². The Morgan fingerprint density at radius 1 is 1.35 bits per heavy atom. The number of hydrogen-bond donors (Lipinski definition) is 2. The summed E-state index contributed by atoms with van der Waals surface area (Å²) in [5.74, 6) is 2.61. The number of guanidine groups is 1. The van der Waals surface area contributed by atoms with Gasteiger partial charge >= 0.3 is 0 Å². The molecule has 0 radical (unpaired) electrons. The summed E-state index contributed by atoms with van der Waals surface area (Å²) in [6.45, 7) is 6.32. The largest absolute Gasteiger partial charge is 0.468 e. The number of aliphatic imine (C=N–C) groups is 1. The zero-order chi connectivity index (χ0) is 17.5. The van der Waals surface area contributed by atoms with Gasteiger partial charge in [0.15, 0.2) is 5.96 Å². The molecule has 0 aromatic carbocycles. The number of hydrogen-bond acceptors (Lipinski definition) is 5. The first-order valence-corrected chi connectivity index (χ1v) is 8.90. The van der Waals surface area contributed by atoms with E-state index in [1.165, 1.54) is 12.8 Å². The van der Waals surface area contributed by atoms with Gasteiger partial charge in [0.1, 0.15) is 24.5 Å². The quantitative estimate of drug-likeness (QED) is 0.363. The predicted molar refractivity (Wildman–Crippen MR) is 111 cm³/mol. The molecule has 9 heteroatoms. The minimum absolute atomic E-state index is 0. The van der Waals surface area contributed by atoms with Crippen molar-refractivity contribution in [3.63, 3.8) is 0 Å². The van der Waals surface area contributed by atoms with Crippen molar-refractivity contribution in [2.24, 2.45) is 12.0 Å². The van der Waals surface area contributed by atoms with Crippen molar-refractivity contribution in [3.05, 3.63) is 36.3 Å². The molecule has 0 saturated carbocycles. The Morgan fingerprint density at radius 2 is 2.15 bits per heavy atom. The van der Waals surface area contributed by atoms with Crippen LogP contribution in [0.1, 0.15) is 37.4 Å². The molecule has 1 unspecified atom stereocenters. The molecule has 3 rings (SSSR count). The first-order chi connectivity index (χ1) is 12.3. The van der Waals surface area contributed by atoms with Crippen LogP contribution in [0.2, 0.25) is 0 Å². The number of likely N-dealkylation sites (tertiary alicyclic amines) is 1. The average Bonchev–Trinajstić information content (AvgIpc) is 3.36. The molecule has 3 heterocycles. The van der Waals surface area contributed by atoms with Gasteiger partial charge in [0.05, 0.1) is 12.3 Å². The normalized spacial score (nSPS) is 16.3. The van der Waals surface area contributed by atoms with Gasteiger partial charge in [-0.3, -0.25) is 9.58 Å². The number of halogens is 1. The van der Waals surface area contributed by atoms with Crippen LogP contribution in [0.25, 0.3) is 0 Å². The second-order valence-corrected chi connectivity index (χ2v) is 6.15. The SMILES string of the molecule is CCNC(=NCc1ncnn1C)NCC(c1ccco1)N1CCCC1.I.